The van der Waals surface area contributed by atoms with Gasteiger partial charge in [0.15, 0.2) is 0 Å². The van der Waals surface area contributed by atoms with Crippen molar-refractivity contribution in [2.24, 2.45) is 11.8 Å². The van der Waals surface area contributed by atoms with Crippen molar-refractivity contribution in [3.63, 3.8) is 0 Å². The maximum absolute atomic E-state index is 13.5. The van der Waals surface area contributed by atoms with Crippen molar-refractivity contribution < 1.29 is 17.6 Å². The van der Waals surface area contributed by atoms with E-state index in [2.05, 4.69) is 18.8 Å². The van der Waals surface area contributed by atoms with Crippen molar-refractivity contribution in [2.45, 2.75) is 30.2 Å². The summed E-state index contributed by atoms with van der Waals surface area (Å²) in [5.41, 5.74) is 0.678. The Labute approximate surface area is 187 Å². The number of methoxy groups -OCH3 is 1. The molecule has 0 amide bonds. The first-order chi connectivity index (χ1) is 14.8. The molecule has 2 aromatic carbocycles. The van der Waals surface area contributed by atoms with Gasteiger partial charge in [0.25, 0.3) is 0 Å². The zero-order chi connectivity index (χ0) is 22.2. The Morgan fingerprint density at radius 2 is 1.65 bits per heavy atom. The van der Waals surface area contributed by atoms with Crippen LogP contribution >= 0.6 is 11.6 Å². The van der Waals surface area contributed by atoms with Crippen molar-refractivity contribution in [1.29, 1.82) is 0 Å². The molecule has 3 aromatic rings. The second-order valence-electron chi connectivity index (χ2n) is 8.17. The van der Waals surface area contributed by atoms with Gasteiger partial charge in [0, 0.05) is 23.7 Å². The van der Waals surface area contributed by atoms with Gasteiger partial charge in [-0.2, -0.15) is 4.98 Å². The van der Waals surface area contributed by atoms with E-state index in [4.69, 9.17) is 20.8 Å². The molecule has 0 radical (unpaired) electrons. The van der Waals surface area contributed by atoms with Gasteiger partial charge in [0.05, 0.1) is 12.0 Å². The number of sulfone groups is 1. The molecule has 2 atom stereocenters. The SMILES string of the molecule is COc1ccc(-c2nc(S(=O)(=O)c3ccc(Cl)cc3)c(N3CC(C)CC(C)C3)o2)cc1. The number of halogens is 1. The van der Waals surface area contributed by atoms with Crippen LogP contribution < -0.4 is 9.64 Å². The summed E-state index contributed by atoms with van der Waals surface area (Å²) in [4.78, 5) is 6.59. The third kappa shape index (κ3) is 4.43. The van der Waals surface area contributed by atoms with Crippen LogP contribution in [0.1, 0.15) is 20.3 Å². The Morgan fingerprint density at radius 1 is 1.03 bits per heavy atom. The van der Waals surface area contributed by atoms with E-state index in [-0.39, 0.29) is 15.8 Å². The van der Waals surface area contributed by atoms with Gasteiger partial charge < -0.3 is 14.1 Å². The second kappa shape index (κ2) is 8.55. The van der Waals surface area contributed by atoms with Crippen LogP contribution in [0, 0.1) is 11.8 Å². The van der Waals surface area contributed by atoms with E-state index in [1.165, 1.54) is 12.1 Å². The molecular formula is C23H25ClN2O4S. The first-order valence-electron chi connectivity index (χ1n) is 10.2. The second-order valence-corrected chi connectivity index (χ2v) is 10.5. The summed E-state index contributed by atoms with van der Waals surface area (Å²) in [7, 11) is -2.31. The highest BCUT2D eigenvalue weighted by Crippen LogP contribution is 2.37. The molecule has 6 nitrogen and oxygen atoms in total. The number of hydrogen-bond donors (Lipinski definition) is 0. The van der Waals surface area contributed by atoms with Crippen LogP contribution in [-0.2, 0) is 9.84 Å². The zero-order valence-electron chi connectivity index (χ0n) is 17.7. The molecule has 0 N–H and O–H groups in total. The molecular weight excluding hydrogens is 436 g/mol. The number of aromatic nitrogens is 1. The standard InChI is InChI=1S/C23H25ClN2O4S/c1-15-12-16(2)14-26(13-15)23-22(31(27,28)20-10-6-18(24)7-11-20)25-21(30-23)17-4-8-19(29-3)9-5-17/h4-11,15-16H,12-14H2,1-3H3. The lowest BCUT2D eigenvalue weighted by molar-refractivity contribution is 0.342. The monoisotopic (exact) mass is 460 g/mol. The fraction of sp³-hybridized carbons (Fsp3) is 0.348. The van der Waals surface area contributed by atoms with Gasteiger partial charge >= 0.3 is 0 Å². The predicted octanol–water partition coefficient (Wildman–Crippen LogP) is 5.32. The summed E-state index contributed by atoms with van der Waals surface area (Å²) in [6, 6.07) is 13.3. The molecule has 1 aliphatic heterocycles. The lowest BCUT2D eigenvalue weighted by Gasteiger charge is -2.34. The molecule has 164 valence electrons. The topological polar surface area (TPSA) is 72.6 Å². The van der Waals surface area contributed by atoms with Crippen molar-refractivity contribution in [2.75, 3.05) is 25.1 Å². The fourth-order valence-electron chi connectivity index (χ4n) is 4.08. The average molecular weight is 461 g/mol. The Bertz CT molecular complexity index is 1150. The van der Waals surface area contributed by atoms with Crippen LogP contribution in [-0.4, -0.2) is 33.6 Å². The van der Waals surface area contributed by atoms with Crippen molar-refractivity contribution in [3.8, 4) is 17.2 Å². The minimum absolute atomic E-state index is 0.0676. The number of anilines is 1. The van der Waals surface area contributed by atoms with E-state index < -0.39 is 9.84 Å². The van der Waals surface area contributed by atoms with Gasteiger partial charge in [0.1, 0.15) is 5.75 Å². The van der Waals surface area contributed by atoms with E-state index in [1.54, 1.807) is 43.5 Å². The molecule has 31 heavy (non-hydrogen) atoms. The van der Waals surface area contributed by atoms with Gasteiger partial charge in [-0.3, -0.25) is 0 Å². The number of benzene rings is 2. The maximum atomic E-state index is 13.5. The zero-order valence-corrected chi connectivity index (χ0v) is 19.3. The lowest BCUT2D eigenvalue weighted by Crippen LogP contribution is -2.39. The van der Waals surface area contributed by atoms with Gasteiger partial charge in [-0.25, -0.2) is 8.42 Å². The molecule has 2 unspecified atom stereocenters. The van der Waals surface area contributed by atoms with Crippen molar-refractivity contribution in [3.05, 3.63) is 53.6 Å². The molecule has 1 aliphatic rings. The predicted molar refractivity (Wildman–Crippen MR) is 121 cm³/mol. The quantitative estimate of drug-likeness (QED) is 0.513. The van der Waals surface area contributed by atoms with Crippen LogP contribution in [0.5, 0.6) is 5.75 Å². The normalized spacial score (nSPS) is 19.4. The molecule has 8 heteroatoms. The number of piperidine rings is 1. The molecule has 4 rings (SSSR count). The third-order valence-electron chi connectivity index (χ3n) is 5.45. The first-order valence-corrected chi connectivity index (χ1v) is 12.0. The molecule has 0 spiro atoms. The smallest absolute Gasteiger partial charge is 0.236 e. The molecule has 1 saturated heterocycles. The van der Waals surface area contributed by atoms with Gasteiger partial charge in [0.2, 0.25) is 26.6 Å². The van der Waals surface area contributed by atoms with Crippen LogP contribution in [0.15, 0.2) is 62.9 Å². The number of hydrogen-bond acceptors (Lipinski definition) is 6. The Morgan fingerprint density at radius 3 is 2.23 bits per heavy atom. The van der Waals surface area contributed by atoms with Gasteiger partial charge in [-0.15, -0.1) is 0 Å². The summed E-state index contributed by atoms with van der Waals surface area (Å²) < 4.78 is 38.3. The van der Waals surface area contributed by atoms with E-state index in [0.717, 1.165) is 6.42 Å². The first kappa shape index (κ1) is 21.7. The number of rotatable bonds is 5. The molecule has 0 aliphatic carbocycles. The minimum Gasteiger partial charge on any atom is -0.497 e. The number of ether oxygens (including phenoxy) is 1. The lowest BCUT2D eigenvalue weighted by atomic mass is 9.92. The van der Waals surface area contributed by atoms with Crippen LogP contribution in [0.3, 0.4) is 0 Å². The summed E-state index contributed by atoms with van der Waals surface area (Å²) in [6.07, 6.45) is 1.09. The average Bonchev–Trinajstić information content (AvgIpc) is 3.20. The van der Waals surface area contributed by atoms with E-state index in [9.17, 15) is 8.42 Å². The Hall–Kier alpha value is -2.51. The Kier molecular flexibility index (Phi) is 5.99. The summed E-state index contributed by atoms with van der Waals surface area (Å²) in [6.45, 7) is 5.75. The highest BCUT2D eigenvalue weighted by atomic mass is 35.5. The Balaban J connectivity index is 1.83. The molecule has 0 saturated carbocycles. The molecule has 1 fully saturated rings. The molecule has 0 bridgehead atoms. The summed E-state index contributed by atoms with van der Waals surface area (Å²) in [5.74, 6) is 2.09. The highest BCUT2D eigenvalue weighted by molar-refractivity contribution is 7.91. The molecule has 1 aromatic heterocycles. The van der Waals surface area contributed by atoms with E-state index in [0.29, 0.717) is 47.1 Å². The van der Waals surface area contributed by atoms with E-state index >= 15 is 0 Å². The summed E-state index contributed by atoms with van der Waals surface area (Å²) >= 11 is 5.95. The van der Waals surface area contributed by atoms with Crippen molar-refractivity contribution in [1.82, 2.24) is 4.98 Å². The van der Waals surface area contributed by atoms with Crippen molar-refractivity contribution >= 4 is 27.3 Å². The number of oxazole rings is 1. The van der Waals surface area contributed by atoms with Gasteiger partial charge in [-0.05, 0) is 66.8 Å². The van der Waals surface area contributed by atoms with E-state index in [1.807, 2.05) is 4.90 Å². The van der Waals surface area contributed by atoms with Gasteiger partial charge in [-0.1, -0.05) is 25.4 Å². The molecule has 2 heterocycles. The maximum Gasteiger partial charge on any atom is 0.236 e. The fourth-order valence-corrected chi connectivity index (χ4v) is 5.53. The number of nitrogens with zero attached hydrogens (tertiary/aromatic N) is 2. The highest BCUT2D eigenvalue weighted by Gasteiger charge is 2.34. The largest absolute Gasteiger partial charge is 0.497 e. The third-order valence-corrected chi connectivity index (χ3v) is 7.37. The van der Waals surface area contributed by atoms with Crippen LogP contribution in [0.4, 0.5) is 5.88 Å². The van der Waals surface area contributed by atoms with Crippen LogP contribution in [0.2, 0.25) is 5.02 Å². The van der Waals surface area contributed by atoms with Crippen LogP contribution in [0.25, 0.3) is 11.5 Å². The minimum atomic E-state index is -3.90. The summed E-state index contributed by atoms with van der Waals surface area (Å²) in [5, 5.41) is 0.402.